The lowest BCUT2D eigenvalue weighted by Gasteiger charge is -2.44. The molecule has 96 valence electrons. The molecule has 3 rings (SSSR count). The Morgan fingerprint density at radius 1 is 1.18 bits per heavy atom. The number of carbonyl (C=O) groups is 1. The maximum Gasteiger partial charge on any atom is 0.309 e. The molecular weight excluding hydrogens is 212 g/mol. The minimum atomic E-state index is 0.102. The highest BCUT2D eigenvalue weighted by Gasteiger charge is 2.72. The Morgan fingerprint density at radius 3 is 2.29 bits per heavy atom. The van der Waals surface area contributed by atoms with Crippen molar-refractivity contribution in [2.75, 3.05) is 0 Å². The van der Waals surface area contributed by atoms with E-state index in [-0.39, 0.29) is 18.0 Å². The van der Waals surface area contributed by atoms with E-state index >= 15 is 0 Å². The van der Waals surface area contributed by atoms with Gasteiger partial charge in [0, 0.05) is 11.8 Å². The predicted molar refractivity (Wildman–Crippen MR) is 66.2 cm³/mol. The average molecular weight is 236 g/mol. The van der Waals surface area contributed by atoms with Gasteiger partial charge < -0.3 is 4.74 Å². The third-order valence-electron chi connectivity index (χ3n) is 5.78. The van der Waals surface area contributed by atoms with Crippen LogP contribution in [0.25, 0.3) is 0 Å². The van der Waals surface area contributed by atoms with Crippen molar-refractivity contribution < 1.29 is 9.53 Å². The number of ether oxygens (including phenoxy) is 1. The van der Waals surface area contributed by atoms with E-state index in [2.05, 4.69) is 34.6 Å². The van der Waals surface area contributed by atoms with Crippen LogP contribution in [-0.2, 0) is 9.53 Å². The summed E-state index contributed by atoms with van der Waals surface area (Å²) in [6.07, 6.45) is 1.44. The molecular formula is C15H24O2. The summed E-state index contributed by atoms with van der Waals surface area (Å²) in [5, 5.41) is 0. The minimum absolute atomic E-state index is 0.102. The largest absolute Gasteiger partial charge is 0.461 e. The number of carbonyl (C=O) groups excluding carboxylic acids is 1. The zero-order valence-electron chi connectivity index (χ0n) is 11.6. The van der Waals surface area contributed by atoms with Crippen molar-refractivity contribution in [1.29, 1.82) is 0 Å². The Kier molecular flexibility index (Phi) is 2.22. The molecule has 0 amide bonds. The maximum absolute atomic E-state index is 12.1. The van der Waals surface area contributed by atoms with Gasteiger partial charge >= 0.3 is 5.97 Å². The SMILES string of the molecule is CC(C)C1C2OC(=O)C3C2CC1(C)C3C(C)C. The number of fused-ring (bicyclic) bond motifs is 1. The van der Waals surface area contributed by atoms with Crippen molar-refractivity contribution in [1.82, 2.24) is 0 Å². The molecule has 1 heterocycles. The van der Waals surface area contributed by atoms with Crippen molar-refractivity contribution in [2.24, 2.45) is 40.9 Å². The minimum Gasteiger partial charge on any atom is -0.461 e. The zero-order valence-corrected chi connectivity index (χ0v) is 11.6. The zero-order chi connectivity index (χ0) is 12.5. The Hall–Kier alpha value is -0.530. The van der Waals surface area contributed by atoms with E-state index in [4.69, 9.17) is 4.74 Å². The van der Waals surface area contributed by atoms with Gasteiger partial charge in [-0.1, -0.05) is 34.6 Å². The molecule has 6 unspecified atom stereocenters. The van der Waals surface area contributed by atoms with Crippen molar-refractivity contribution in [2.45, 2.75) is 47.1 Å². The van der Waals surface area contributed by atoms with Gasteiger partial charge in [0.15, 0.2) is 0 Å². The van der Waals surface area contributed by atoms with Crippen LogP contribution in [-0.4, -0.2) is 12.1 Å². The third-order valence-corrected chi connectivity index (χ3v) is 5.78. The number of esters is 1. The standard InChI is InChI=1S/C15H24O2/c1-7(2)11-10-9-6-15(11,5)12(8(3)4)13(9)17-14(10)16/h7-13H,6H2,1-5H3. The lowest BCUT2D eigenvalue weighted by Crippen LogP contribution is -2.44. The summed E-state index contributed by atoms with van der Waals surface area (Å²) in [6, 6.07) is 0. The summed E-state index contributed by atoms with van der Waals surface area (Å²) < 4.78 is 5.72. The van der Waals surface area contributed by atoms with Crippen LogP contribution < -0.4 is 0 Å². The molecule has 2 bridgehead atoms. The van der Waals surface area contributed by atoms with Crippen molar-refractivity contribution >= 4 is 5.97 Å². The van der Waals surface area contributed by atoms with Crippen LogP contribution in [0.5, 0.6) is 0 Å². The summed E-state index contributed by atoms with van der Waals surface area (Å²) in [5.74, 6) is 3.14. The Balaban J connectivity index is 2.07. The van der Waals surface area contributed by atoms with E-state index < -0.39 is 0 Å². The fourth-order valence-electron chi connectivity index (χ4n) is 5.78. The molecule has 1 aliphatic heterocycles. The van der Waals surface area contributed by atoms with Gasteiger partial charge in [-0.15, -0.1) is 0 Å². The quantitative estimate of drug-likeness (QED) is 0.689. The number of rotatable bonds is 2. The molecule has 0 N–H and O–H groups in total. The van der Waals surface area contributed by atoms with Gasteiger partial charge in [0.2, 0.25) is 0 Å². The van der Waals surface area contributed by atoms with Gasteiger partial charge in [0.1, 0.15) is 6.10 Å². The molecule has 17 heavy (non-hydrogen) atoms. The molecule has 3 fully saturated rings. The Bertz CT molecular complexity index is 360. The lowest BCUT2D eigenvalue weighted by molar-refractivity contribution is -0.145. The molecule has 2 nitrogen and oxygen atoms in total. The van der Waals surface area contributed by atoms with Crippen molar-refractivity contribution in [3.63, 3.8) is 0 Å². The van der Waals surface area contributed by atoms with Gasteiger partial charge in [0.25, 0.3) is 0 Å². The second-order valence-electron chi connectivity index (χ2n) is 7.34. The Morgan fingerprint density at radius 2 is 1.76 bits per heavy atom. The number of hydrogen-bond acceptors (Lipinski definition) is 2. The predicted octanol–water partition coefficient (Wildman–Crippen LogP) is 3.11. The van der Waals surface area contributed by atoms with Crippen LogP contribution in [0.1, 0.15) is 41.0 Å². The molecule has 2 aliphatic carbocycles. The van der Waals surface area contributed by atoms with Gasteiger partial charge in [-0.25, -0.2) is 0 Å². The van der Waals surface area contributed by atoms with Gasteiger partial charge in [-0.05, 0) is 29.6 Å². The fraction of sp³-hybridized carbons (Fsp3) is 0.933. The summed E-state index contributed by atoms with van der Waals surface area (Å²) in [6.45, 7) is 11.5. The highest BCUT2D eigenvalue weighted by atomic mass is 16.6. The molecule has 0 aromatic heterocycles. The van der Waals surface area contributed by atoms with E-state index in [1.807, 2.05) is 0 Å². The highest BCUT2D eigenvalue weighted by Crippen LogP contribution is 2.70. The molecule has 1 saturated heterocycles. The van der Waals surface area contributed by atoms with E-state index in [0.717, 1.165) is 0 Å². The second-order valence-corrected chi connectivity index (χ2v) is 7.34. The van der Waals surface area contributed by atoms with Crippen LogP contribution in [0.2, 0.25) is 0 Å². The van der Waals surface area contributed by atoms with Gasteiger partial charge in [-0.2, -0.15) is 0 Å². The molecule has 0 spiro atoms. The topological polar surface area (TPSA) is 26.3 Å². The van der Waals surface area contributed by atoms with E-state index in [1.165, 1.54) is 6.42 Å². The van der Waals surface area contributed by atoms with Gasteiger partial charge in [-0.3, -0.25) is 4.79 Å². The van der Waals surface area contributed by atoms with E-state index in [1.54, 1.807) is 0 Å². The average Bonchev–Trinajstić information content (AvgIpc) is 2.69. The van der Waals surface area contributed by atoms with Crippen LogP contribution in [0.3, 0.4) is 0 Å². The molecule has 0 radical (unpaired) electrons. The first-order valence-electron chi connectivity index (χ1n) is 7.08. The van der Waals surface area contributed by atoms with Crippen molar-refractivity contribution in [3.8, 4) is 0 Å². The van der Waals surface area contributed by atoms with E-state index in [0.29, 0.717) is 35.0 Å². The first kappa shape index (κ1) is 11.6. The highest BCUT2D eigenvalue weighted by molar-refractivity contribution is 5.77. The van der Waals surface area contributed by atoms with Crippen LogP contribution in [0, 0.1) is 40.9 Å². The van der Waals surface area contributed by atoms with Crippen LogP contribution >= 0.6 is 0 Å². The normalized spacial score (nSPS) is 51.7. The molecule has 0 aromatic rings. The van der Waals surface area contributed by atoms with Crippen molar-refractivity contribution in [3.05, 3.63) is 0 Å². The lowest BCUT2D eigenvalue weighted by atomic mass is 9.59. The monoisotopic (exact) mass is 236 g/mol. The van der Waals surface area contributed by atoms with Gasteiger partial charge in [0.05, 0.1) is 5.92 Å². The molecule has 2 heteroatoms. The fourth-order valence-corrected chi connectivity index (χ4v) is 5.78. The summed E-state index contributed by atoms with van der Waals surface area (Å²) in [4.78, 5) is 12.1. The van der Waals surface area contributed by atoms with Crippen LogP contribution in [0.4, 0.5) is 0 Å². The number of hydrogen-bond donors (Lipinski definition) is 0. The third kappa shape index (κ3) is 1.19. The molecule has 6 atom stereocenters. The smallest absolute Gasteiger partial charge is 0.309 e. The summed E-state index contributed by atoms with van der Waals surface area (Å²) in [5.41, 5.74) is 0.328. The first-order chi connectivity index (χ1) is 7.88. The molecule has 2 saturated carbocycles. The molecule has 3 aliphatic rings. The summed E-state index contributed by atoms with van der Waals surface area (Å²) in [7, 11) is 0. The summed E-state index contributed by atoms with van der Waals surface area (Å²) >= 11 is 0. The Labute approximate surface area is 104 Å². The second kappa shape index (κ2) is 3.27. The first-order valence-corrected chi connectivity index (χ1v) is 7.08. The van der Waals surface area contributed by atoms with E-state index in [9.17, 15) is 4.79 Å². The maximum atomic E-state index is 12.1. The van der Waals surface area contributed by atoms with Crippen LogP contribution in [0.15, 0.2) is 0 Å². The molecule has 0 aromatic carbocycles.